The van der Waals surface area contributed by atoms with Crippen molar-refractivity contribution in [2.75, 3.05) is 5.75 Å². The van der Waals surface area contributed by atoms with Crippen LogP contribution in [0.1, 0.15) is 6.42 Å². The van der Waals surface area contributed by atoms with E-state index in [2.05, 4.69) is 0 Å². The minimum absolute atomic E-state index is 0.685. The molecule has 1 aliphatic rings. The maximum absolute atomic E-state index is 5.19. The number of nitrogens with two attached hydrogens (primary N) is 1. The molecule has 0 saturated carbocycles. The van der Waals surface area contributed by atoms with Crippen molar-refractivity contribution < 1.29 is 0 Å². The summed E-state index contributed by atoms with van der Waals surface area (Å²) in [7, 11) is 1.77. The molecule has 1 atom stereocenters. The zero-order valence-electron chi connectivity index (χ0n) is 3.55. The topological polar surface area (TPSA) is 26.0 Å². The Kier molecular flexibility index (Phi) is 1.43. The normalized spacial score (nSPS) is 31.8. The van der Waals surface area contributed by atoms with E-state index in [1.807, 2.05) is 11.8 Å². The van der Waals surface area contributed by atoms with Crippen LogP contribution in [0.15, 0.2) is 0 Å². The molecule has 2 N–H and O–H groups in total. The second kappa shape index (κ2) is 1.89. The standard InChI is InChI=1S/C3H7BNS/c5-4-3-1-2-6-3/h3H,1-2,5H2. The highest BCUT2D eigenvalue weighted by Gasteiger charge is 2.15. The highest BCUT2D eigenvalue weighted by atomic mass is 32.2. The first-order valence-corrected chi connectivity index (χ1v) is 3.15. The molecule has 3 heteroatoms. The minimum atomic E-state index is 0.685. The lowest BCUT2D eigenvalue weighted by atomic mass is 9.88. The van der Waals surface area contributed by atoms with E-state index < -0.39 is 0 Å². The highest BCUT2D eigenvalue weighted by Crippen LogP contribution is 2.24. The van der Waals surface area contributed by atoms with E-state index in [0.717, 1.165) is 0 Å². The van der Waals surface area contributed by atoms with E-state index in [1.54, 1.807) is 7.41 Å². The van der Waals surface area contributed by atoms with Gasteiger partial charge in [0.15, 0.2) is 0 Å². The Bertz CT molecular complexity index is 43.3. The van der Waals surface area contributed by atoms with Crippen molar-refractivity contribution in [3.05, 3.63) is 0 Å². The van der Waals surface area contributed by atoms with Gasteiger partial charge in [-0.1, -0.05) is 0 Å². The maximum atomic E-state index is 5.19. The third-order valence-electron chi connectivity index (χ3n) is 0.949. The molecule has 0 aromatic rings. The predicted octanol–water partition coefficient (Wildman–Crippen LogP) is 0.0273. The van der Waals surface area contributed by atoms with Gasteiger partial charge in [0.1, 0.15) is 0 Å². The molecule has 6 heavy (non-hydrogen) atoms. The molecule has 1 saturated heterocycles. The lowest BCUT2D eigenvalue weighted by Gasteiger charge is -2.21. The van der Waals surface area contributed by atoms with Crippen molar-refractivity contribution in [3.8, 4) is 0 Å². The summed E-state index contributed by atoms with van der Waals surface area (Å²) < 4.78 is 0. The third kappa shape index (κ3) is 0.710. The van der Waals surface area contributed by atoms with Crippen LogP contribution in [0.5, 0.6) is 0 Å². The van der Waals surface area contributed by atoms with Gasteiger partial charge in [0, 0.05) is 0 Å². The lowest BCUT2D eigenvalue weighted by molar-refractivity contribution is 0.986. The van der Waals surface area contributed by atoms with Gasteiger partial charge in [-0.15, -0.1) is 0 Å². The zero-order chi connectivity index (χ0) is 4.41. The van der Waals surface area contributed by atoms with Crippen LogP contribution >= 0.6 is 11.8 Å². The van der Waals surface area contributed by atoms with Gasteiger partial charge >= 0.3 is 0 Å². The van der Waals surface area contributed by atoms with Gasteiger partial charge in [-0.2, -0.15) is 11.8 Å². The second-order valence-electron chi connectivity index (χ2n) is 1.39. The number of thioether (sulfide) groups is 1. The molecule has 0 aromatic carbocycles. The molecule has 0 spiro atoms. The fraction of sp³-hybridized carbons (Fsp3) is 1.00. The minimum Gasteiger partial charge on any atom is -0.374 e. The van der Waals surface area contributed by atoms with Crippen LogP contribution < -0.4 is 5.64 Å². The van der Waals surface area contributed by atoms with Crippen molar-refractivity contribution >= 4 is 19.2 Å². The van der Waals surface area contributed by atoms with E-state index in [9.17, 15) is 0 Å². The molecule has 1 rings (SSSR count). The fourth-order valence-electron chi connectivity index (χ4n) is 0.406. The molecule has 1 radical (unpaired) electrons. The van der Waals surface area contributed by atoms with Gasteiger partial charge in [-0.25, -0.2) is 0 Å². The van der Waals surface area contributed by atoms with E-state index in [1.165, 1.54) is 12.2 Å². The molecule has 1 heterocycles. The Balaban J connectivity index is 2.01. The predicted molar refractivity (Wildman–Crippen MR) is 30.8 cm³/mol. The molecule has 33 valence electrons. The average molecular weight is 100.0 g/mol. The Hall–Kier alpha value is 0.375. The molecule has 1 nitrogen and oxygen atoms in total. The lowest BCUT2D eigenvalue weighted by Crippen LogP contribution is -2.28. The average Bonchev–Trinajstić information content (AvgIpc) is 1.31. The van der Waals surface area contributed by atoms with Gasteiger partial charge in [0.2, 0.25) is 7.41 Å². The van der Waals surface area contributed by atoms with Gasteiger partial charge in [-0.05, 0) is 17.3 Å². The monoisotopic (exact) mass is 100 g/mol. The van der Waals surface area contributed by atoms with Crippen LogP contribution in [0.2, 0.25) is 0 Å². The van der Waals surface area contributed by atoms with Crippen LogP contribution in [-0.4, -0.2) is 18.3 Å². The van der Waals surface area contributed by atoms with E-state index in [-0.39, 0.29) is 0 Å². The molecule has 0 aromatic heterocycles. The van der Waals surface area contributed by atoms with Crippen LogP contribution in [0, 0.1) is 0 Å². The first-order valence-electron chi connectivity index (χ1n) is 2.10. The van der Waals surface area contributed by atoms with Crippen molar-refractivity contribution in [1.29, 1.82) is 0 Å². The molecule has 0 bridgehead atoms. The summed E-state index contributed by atoms with van der Waals surface area (Å²) >= 11 is 1.92. The SMILES string of the molecule is N[B]C1CCS1. The summed E-state index contributed by atoms with van der Waals surface area (Å²) in [4.78, 5) is 0. The Morgan fingerprint density at radius 1 is 1.83 bits per heavy atom. The third-order valence-corrected chi connectivity index (χ3v) is 2.24. The quantitative estimate of drug-likeness (QED) is 0.470. The molecule has 0 aliphatic carbocycles. The highest BCUT2D eigenvalue weighted by molar-refractivity contribution is 8.02. The molecule has 0 amide bonds. The zero-order valence-corrected chi connectivity index (χ0v) is 4.37. The fourth-order valence-corrected chi connectivity index (χ4v) is 1.02. The van der Waals surface area contributed by atoms with Crippen LogP contribution in [0.25, 0.3) is 0 Å². The van der Waals surface area contributed by atoms with Gasteiger partial charge in [0.05, 0.1) is 0 Å². The van der Waals surface area contributed by atoms with E-state index >= 15 is 0 Å². The number of rotatable bonds is 1. The van der Waals surface area contributed by atoms with Crippen LogP contribution in [0.4, 0.5) is 0 Å². The second-order valence-corrected chi connectivity index (χ2v) is 2.74. The largest absolute Gasteiger partial charge is 0.374 e. The molecule has 1 unspecified atom stereocenters. The smallest absolute Gasteiger partial charge is 0.216 e. The summed E-state index contributed by atoms with van der Waals surface area (Å²) in [6, 6.07) is 0. The van der Waals surface area contributed by atoms with E-state index in [4.69, 9.17) is 5.64 Å². The Morgan fingerprint density at radius 3 is 2.50 bits per heavy atom. The van der Waals surface area contributed by atoms with Crippen LogP contribution in [0.3, 0.4) is 0 Å². The number of hydrogen-bond donors (Lipinski definition) is 1. The summed E-state index contributed by atoms with van der Waals surface area (Å²) in [5.41, 5.74) is 5.19. The molecule has 1 fully saturated rings. The van der Waals surface area contributed by atoms with Crippen molar-refractivity contribution in [3.63, 3.8) is 0 Å². The Labute approximate surface area is 42.9 Å². The first kappa shape index (κ1) is 4.53. The summed E-state index contributed by atoms with van der Waals surface area (Å²) in [5.74, 6) is 1.30. The molecular formula is C3H7BNS. The van der Waals surface area contributed by atoms with Gasteiger partial charge < -0.3 is 5.64 Å². The van der Waals surface area contributed by atoms with Crippen LogP contribution in [-0.2, 0) is 0 Å². The maximum Gasteiger partial charge on any atom is 0.216 e. The van der Waals surface area contributed by atoms with Crippen molar-refractivity contribution in [2.24, 2.45) is 5.64 Å². The first-order chi connectivity index (χ1) is 2.93. The van der Waals surface area contributed by atoms with Crippen molar-refractivity contribution in [1.82, 2.24) is 0 Å². The van der Waals surface area contributed by atoms with Gasteiger partial charge in [0.25, 0.3) is 0 Å². The summed E-state index contributed by atoms with van der Waals surface area (Å²) in [6.45, 7) is 0. The molecular weight excluding hydrogens is 92.9 g/mol. The number of hydrogen-bond acceptors (Lipinski definition) is 2. The van der Waals surface area contributed by atoms with Gasteiger partial charge in [-0.3, -0.25) is 0 Å². The molecule has 1 aliphatic heterocycles. The summed E-state index contributed by atoms with van der Waals surface area (Å²) in [5, 5.41) is 0.685. The van der Waals surface area contributed by atoms with Crippen molar-refractivity contribution in [2.45, 2.75) is 11.6 Å². The van der Waals surface area contributed by atoms with E-state index in [0.29, 0.717) is 5.15 Å². The Morgan fingerprint density at radius 2 is 2.50 bits per heavy atom. The summed E-state index contributed by atoms with van der Waals surface area (Å²) in [6.07, 6.45) is 1.29.